The molecular formula is C30H33N3O4. The van der Waals surface area contributed by atoms with E-state index < -0.39 is 18.1 Å². The van der Waals surface area contributed by atoms with Crippen molar-refractivity contribution in [1.29, 1.82) is 0 Å². The molecular weight excluding hydrogens is 466 g/mol. The van der Waals surface area contributed by atoms with Crippen molar-refractivity contribution in [3.8, 4) is 0 Å². The first-order valence-corrected chi connectivity index (χ1v) is 12.7. The number of fused-ring (bicyclic) bond motifs is 1. The first-order valence-electron chi connectivity index (χ1n) is 12.7. The molecule has 2 unspecified atom stereocenters. The molecule has 0 spiro atoms. The number of unbranched alkanes of at least 4 members (excludes halogenated alkanes) is 2. The van der Waals surface area contributed by atoms with E-state index in [1.54, 1.807) is 24.0 Å². The summed E-state index contributed by atoms with van der Waals surface area (Å²) >= 11 is 0. The highest BCUT2D eigenvalue weighted by atomic mass is 16.4. The zero-order valence-corrected chi connectivity index (χ0v) is 21.0. The number of amides is 2. The molecule has 0 aromatic heterocycles. The standard InChI is InChI=1S/C30H33N3O4/c1-21(19-27(34)35)32-28(23-12-6-2-7-13-23)30(37)33(24-14-8-3-9-15-24)26-17-16-22(11-5-4-10-18-31)20-25(26)29(32)36/h2-3,6-9,12-17,20-21,28H,4-5,10-11,18-19,31H2,1H3,(H,34,35). The van der Waals surface area contributed by atoms with E-state index in [4.69, 9.17) is 5.73 Å². The van der Waals surface area contributed by atoms with Crippen LogP contribution in [0.2, 0.25) is 0 Å². The van der Waals surface area contributed by atoms with E-state index in [1.807, 2.05) is 66.7 Å². The maximum atomic E-state index is 14.4. The molecule has 1 aliphatic heterocycles. The van der Waals surface area contributed by atoms with Gasteiger partial charge in [-0.15, -0.1) is 0 Å². The van der Waals surface area contributed by atoms with Gasteiger partial charge in [-0.3, -0.25) is 19.3 Å². The lowest BCUT2D eigenvalue weighted by Gasteiger charge is -2.35. The second-order valence-corrected chi connectivity index (χ2v) is 9.43. The van der Waals surface area contributed by atoms with Gasteiger partial charge in [0.2, 0.25) is 0 Å². The highest BCUT2D eigenvalue weighted by molar-refractivity contribution is 6.14. The van der Waals surface area contributed by atoms with E-state index in [1.165, 1.54) is 4.90 Å². The predicted molar refractivity (Wildman–Crippen MR) is 144 cm³/mol. The normalized spacial score (nSPS) is 16.3. The van der Waals surface area contributed by atoms with Crippen LogP contribution in [0.4, 0.5) is 11.4 Å². The molecule has 0 saturated heterocycles. The van der Waals surface area contributed by atoms with Crippen molar-refractivity contribution in [3.05, 3.63) is 95.6 Å². The van der Waals surface area contributed by atoms with Crippen LogP contribution in [-0.2, 0) is 16.0 Å². The van der Waals surface area contributed by atoms with E-state index in [-0.39, 0.29) is 18.2 Å². The Morgan fingerprint density at radius 3 is 2.27 bits per heavy atom. The minimum absolute atomic E-state index is 0.276. The van der Waals surface area contributed by atoms with E-state index >= 15 is 0 Å². The fourth-order valence-corrected chi connectivity index (χ4v) is 4.96. The third kappa shape index (κ3) is 5.73. The Labute approximate surface area is 217 Å². The Kier molecular flexibility index (Phi) is 8.36. The second-order valence-electron chi connectivity index (χ2n) is 9.43. The zero-order chi connectivity index (χ0) is 26.4. The monoisotopic (exact) mass is 499 g/mol. The summed E-state index contributed by atoms with van der Waals surface area (Å²) in [6.45, 7) is 2.33. The number of nitrogens with two attached hydrogens (primary N) is 1. The average molecular weight is 500 g/mol. The highest BCUT2D eigenvalue weighted by Crippen LogP contribution is 2.40. The number of carboxylic acid groups (broad SMARTS) is 1. The molecule has 1 aliphatic rings. The van der Waals surface area contributed by atoms with Crippen LogP contribution in [0, 0.1) is 0 Å². The van der Waals surface area contributed by atoms with E-state index in [9.17, 15) is 19.5 Å². The van der Waals surface area contributed by atoms with Gasteiger partial charge in [-0.1, -0.05) is 61.0 Å². The minimum Gasteiger partial charge on any atom is -0.481 e. The summed E-state index contributed by atoms with van der Waals surface area (Å²) in [6, 6.07) is 22.3. The van der Waals surface area contributed by atoms with Crippen LogP contribution in [0.1, 0.15) is 60.1 Å². The Hall–Kier alpha value is -3.97. The molecule has 2 atom stereocenters. The molecule has 0 aliphatic carbocycles. The Morgan fingerprint density at radius 2 is 1.62 bits per heavy atom. The number of carbonyl (C=O) groups excluding carboxylic acids is 2. The number of benzene rings is 3. The number of rotatable bonds is 10. The first kappa shape index (κ1) is 26.1. The fraction of sp³-hybridized carbons (Fsp3) is 0.300. The van der Waals surface area contributed by atoms with Crippen LogP contribution < -0.4 is 10.6 Å². The Morgan fingerprint density at radius 1 is 0.946 bits per heavy atom. The summed E-state index contributed by atoms with van der Waals surface area (Å²) in [5.74, 6) is -1.69. The SMILES string of the molecule is CC(CC(=O)O)N1C(=O)c2cc(CCCCCN)ccc2N(c2ccccc2)C(=O)C1c1ccccc1. The molecule has 192 valence electrons. The second kappa shape index (κ2) is 11.8. The lowest BCUT2D eigenvalue weighted by molar-refractivity contribution is -0.138. The average Bonchev–Trinajstić information content (AvgIpc) is 2.99. The van der Waals surface area contributed by atoms with E-state index in [0.29, 0.717) is 29.0 Å². The van der Waals surface area contributed by atoms with E-state index in [0.717, 1.165) is 31.2 Å². The van der Waals surface area contributed by atoms with Crippen LogP contribution in [0.25, 0.3) is 0 Å². The number of aryl methyl sites for hydroxylation is 1. The number of anilines is 2. The lowest BCUT2D eigenvalue weighted by atomic mass is 10.00. The number of nitrogens with zero attached hydrogens (tertiary/aromatic N) is 2. The molecule has 1 heterocycles. The molecule has 0 fully saturated rings. The third-order valence-corrected chi connectivity index (χ3v) is 6.74. The summed E-state index contributed by atoms with van der Waals surface area (Å²) in [4.78, 5) is 43.3. The van der Waals surface area contributed by atoms with Gasteiger partial charge in [-0.25, -0.2) is 0 Å². The van der Waals surface area contributed by atoms with Crippen molar-refractivity contribution in [2.24, 2.45) is 5.73 Å². The van der Waals surface area contributed by atoms with Crippen LogP contribution in [0.3, 0.4) is 0 Å². The van der Waals surface area contributed by atoms with Crippen LogP contribution in [0.15, 0.2) is 78.9 Å². The van der Waals surface area contributed by atoms with Crippen molar-refractivity contribution in [1.82, 2.24) is 4.90 Å². The lowest BCUT2D eigenvalue weighted by Crippen LogP contribution is -2.46. The van der Waals surface area contributed by atoms with Gasteiger partial charge in [-0.2, -0.15) is 0 Å². The highest BCUT2D eigenvalue weighted by Gasteiger charge is 2.43. The molecule has 3 N–H and O–H groups in total. The molecule has 3 aromatic carbocycles. The quantitative estimate of drug-likeness (QED) is 0.379. The van der Waals surface area contributed by atoms with Gasteiger partial charge in [0.15, 0.2) is 0 Å². The summed E-state index contributed by atoms with van der Waals surface area (Å²) in [5.41, 5.74) is 8.79. The summed E-state index contributed by atoms with van der Waals surface area (Å²) in [5, 5.41) is 9.56. The molecule has 0 radical (unpaired) electrons. The molecule has 7 nitrogen and oxygen atoms in total. The van der Waals surface area contributed by atoms with Crippen LogP contribution in [0.5, 0.6) is 0 Å². The number of hydrogen-bond acceptors (Lipinski definition) is 4. The molecule has 2 amide bonds. The minimum atomic E-state index is -1.03. The molecule has 37 heavy (non-hydrogen) atoms. The molecule has 0 saturated carbocycles. The van der Waals surface area contributed by atoms with Gasteiger partial charge >= 0.3 is 5.97 Å². The summed E-state index contributed by atoms with van der Waals surface area (Å²) < 4.78 is 0. The van der Waals surface area contributed by atoms with Crippen LogP contribution in [-0.4, -0.2) is 40.4 Å². The van der Waals surface area contributed by atoms with Crippen molar-refractivity contribution in [2.45, 2.75) is 51.1 Å². The molecule has 7 heteroatoms. The predicted octanol–water partition coefficient (Wildman–Crippen LogP) is 5.08. The smallest absolute Gasteiger partial charge is 0.305 e. The van der Waals surface area contributed by atoms with Crippen molar-refractivity contribution in [3.63, 3.8) is 0 Å². The van der Waals surface area contributed by atoms with Gasteiger partial charge in [0.25, 0.3) is 11.8 Å². The van der Waals surface area contributed by atoms with Crippen LogP contribution >= 0.6 is 0 Å². The van der Waals surface area contributed by atoms with Gasteiger partial charge in [0.05, 0.1) is 17.7 Å². The third-order valence-electron chi connectivity index (χ3n) is 6.74. The largest absolute Gasteiger partial charge is 0.481 e. The molecule has 0 bridgehead atoms. The molecule has 4 rings (SSSR count). The maximum absolute atomic E-state index is 14.4. The number of hydrogen-bond donors (Lipinski definition) is 2. The number of para-hydroxylation sites is 1. The Balaban J connectivity index is 1.89. The van der Waals surface area contributed by atoms with Gasteiger partial charge in [0.1, 0.15) is 6.04 Å². The van der Waals surface area contributed by atoms with Gasteiger partial charge < -0.3 is 15.7 Å². The molecule has 3 aromatic rings. The first-order chi connectivity index (χ1) is 17.9. The van der Waals surface area contributed by atoms with Crippen molar-refractivity contribution < 1.29 is 19.5 Å². The topological polar surface area (TPSA) is 104 Å². The van der Waals surface area contributed by atoms with Gasteiger partial charge in [-0.05, 0) is 68.1 Å². The Bertz CT molecular complexity index is 1250. The van der Waals surface area contributed by atoms with Gasteiger partial charge in [0, 0.05) is 11.7 Å². The van der Waals surface area contributed by atoms with Crippen molar-refractivity contribution >= 4 is 29.2 Å². The van der Waals surface area contributed by atoms with Crippen molar-refractivity contribution in [2.75, 3.05) is 11.4 Å². The number of aliphatic carboxylic acids is 1. The number of carboxylic acids is 1. The number of carbonyl (C=O) groups is 3. The summed E-state index contributed by atoms with van der Waals surface area (Å²) in [7, 11) is 0. The zero-order valence-electron chi connectivity index (χ0n) is 21.0. The van der Waals surface area contributed by atoms with E-state index in [2.05, 4.69) is 0 Å². The summed E-state index contributed by atoms with van der Waals surface area (Å²) in [6.07, 6.45) is 3.39. The fourth-order valence-electron chi connectivity index (χ4n) is 4.96. The maximum Gasteiger partial charge on any atom is 0.305 e.